The van der Waals surface area contributed by atoms with Gasteiger partial charge in [0, 0.05) is 11.4 Å². The average Bonchev–Trinajstić information content (AvgIpc) is 2.99. The summed E-state index contributed by atoms with van der Waals surface area (Å²) < 4.78 is 25.7. The van der Waals surface area contributed by atoms with Gasteiger partial charge in [0.05, 0.1) is 25.5 Å². The molecular formula is C16H16ClFN2O5. The van der Waals surface area contributed by atoms with Crippen molar-refractivity contribution in [1.29, 1.82) is 0 Å². The molecule has 0 radical (unpaired) electrons. The number of hydrogen-bond acceptors (Lipinski definition) is 5. The van der Waals surface area contributed by atoms with Crippen molar-refractivity contribution in [3.63, 3.8) is 0 Å². The molecule has 25 heavy (non-hydrogen) atoms. The summed E-state index contributed by atoms with van der Waals surface area (Å²) in [4.78, 5) is 24.8. The van der Waals surface area contributed by atoms with Crippen LogP contribution in [0, 0.1) is 5.82 Å². The zero-order valence-corrected chi connectivity index (χ0v) is 13.8. The van der Waals surface area contributed by atoms with Gasteiger partial charge >= 0.3 is 5.69 Å². The van der Waals surface area contributed by atoms with E-state index in [9.17, 15) is 19.1 Å². The molecule has 9 heteroatoms. The molecule has 2 aromatic rings. The van der Waals surface area contributed by atoms with E-state index in [0.29, 0.717) is 5.02 Å². The summed E-state index contributed by atoms with van der Waals surface area (Å²) in [6.45, 7) is -0.0794. The monoisotopic (exact) mass is 370 g/mol. The minimum absolute atomic E-state index is 0.219. The Morgan fingerprint density at radius 1 is 1.44 bits per heavy atom. The first-order valence-electron chi connectivity index (χ1n) is 7.61. The summed E-state index contributed by atoms with van der Waals surface area (Å²) >= 11 is 5.92. The molecular weight excluding hydrogens is 355 g/mol. The second kappa shape index (κ2) is 7.49. The highest BCUT2D eigenvalue weighted by Gasteiger charge is 2.37. The zero-order chi connectivity index (χ0) is 18.0. The van der Waals surface area contributed by atoms with E-state index in [1.54, 1.807) is 18.2 Å². The molecule has 0 spiro atoms. The third-order valence-electron chi connectivity index (χ3n) is 3.95. The molecule has 1 aromatic heterocycles. The van der Waals surface area contributed by atoms with Crippen LogP contribution in [0.15, 0.2) is 40.1 Å². The van der Waals surface area contributed by atoms with Gasteiger partial charge in [-0.25, -0.2) is 4.79 Å². The Labute approximate surface area is 146 Å². The number of rotatable bonds is 5. The number of halogens is 2. The maximum atomic E-state index is 13.4. The highest BCUT2D eigenvalue weighted by Crippen LogP contribution is 2.30. The van der Waals surface area contributed by atoms with Gasteiger partial charge < -0.3 is 14.6 Å². The van der Waals surface area contributed by atoms with Crippen molar-refractivity contribution in [2.75, 3.05) is 6.61 Å². The maximum Gasteiger partial charge on any atom is 0.330 e. The lowest BCUT2D eigenvalue weighted by atomic mass is 10.1. The fourth-order valence-corrected chi connectivity index (χ4v) is 2.93. The predicted octanol–water partition coefficient (Wildman–Crippen LogP) is 1.19. The lowest BCUT2D eigenvalue weighted by molar-refractivity contribution is -0.0659. The number of aliphatic hydroxyl groups excluding tert-OH is 1. The molecule has 0 saturated carbocycles. The van der Waals surface area contributed by atoms with Gasteiger partial charge in [-0.3, -0.25) is 14.3 Å². The number of hydrogen-bond donors (Lipinski definition) is 2. The van der Waals surface area contributed by atoms with Crippen molar-refractivity contribution < 1.29 is 19.0 Å². The molecule has 2 N–H and O–H groups in total. The quantitative estimate of drug-likeness (QED) is 0.824. The Bertz CT molecular complexity index is 868. The summed E-state index contributed by atoms with van der Waals surface area (Å²) in [5.41, 5.74) is -1.03. The van der Waals surface area contributed by atoms with E-state index in [1.807, 2.05) is 11.1 Å². The number of aliphatic hydroxyl groups is 1. The van der Waals surface area contributed by atoms with Gasteiger partial charge in [-0.1, -0.05) is 23.7 Å². The maximum absolute atomic E-state index is 13.4. The molecule has 0 bridgehead atoms. The number of aromatic amines is 1. The van der Waals surface area contributed by atoms with Crippen molar-refractivity contribution in [2.24, 2.45) is 0 Å². The first-order valence-corrected chi connectivity index (χ1v) is 7.99. The van der Waals surface area contributed by atoms with Crippen LogP contribution in [0.3, 0.4) is 0 Å². The minimum atomic E-state index is -1.09. The minimum Gasteiger partial charge on any atom is -0.394 e. The number of nitrogens with zero attached hydrogens (tertiary/aromatic N) is 1. The number of nitrogens with one attached hydrogen (secondary N) is 1. The highest BCUT2D eigenvalue weighted by molar-refractivity contribution is 6.30. The fourth-order valence-electron chi connectivity index (χ4n) is 2.72. The summed E-state index contributed by atoms with van der Waals surface area (Å²) in [6, 6.07) is 7.13. The van der Waals surface area contributed by atoms with Gasteiger partial charge in [0.1, 0.15) is 12.3 Å². The average molecular weight is 371 g/mol. The van der Waals surface area contributed by atoms with Crippen LogP contribution >= 0.6 is 11.6 Å². The van der Waals surface area contributed by atoms with Crippen molar-refractivity contribution in [3.05, 3.63) is 67.7 Å². The number of ether oxygens (including phenoxy) is 2. The van der Waals surface area contributed by atoms with Crippen molar-refractivity contribution in [3.8, 4) is 0 Å². The van der Waals surface area contributed by atoms with Gasteiger partial charge in [-0.15, -0.1) is 0 Å². The lowest BCUT2D eigenvalue weighted by Gasteiger charge is -2.16. The Hall–Kier alpha value is -2.00. The lowest BCUT2D eigenvalue weighted by Crippen LogP contribution is -2.34. The Morgan fingerprint density at radius 2 is 2.24 bits per heavy atom. The molecule has 1 saturated heterocycles. The fraction of sp³-hybridized carbons (Fsp3) is 0.375. The van der Waals surface area contributed by atoms with E-state index in [-0.39, 0.29) is 19.6 Å². The number of aromatic nitrogens is 2. The smallest absolute Gasteiger partial charge is 0.330 e. The van der Waals surface area contributed by atoms with Crippen LogP contribution in [0.5, 0.6) is 0 Å². The summed E-state index contributed by atoms with van der Waals surface area (Å²) in [6.07, 6.45) is -1.01. The topological polar surface area (TPSA) is 93.6 Å². The standard InChI is InChI=1S/C16H16ClFN2O5/c17-10-3-1-2-9(4-10)8-24-12-5-14(25-13(12)7-21)20-6-11(18)15(22)19-16(20)23/h1-4,6,12-14,21H,5,7-8H2,(H,19,22,23)/t12?,13-,14-/m0/s1. The van der Waals surface area contributed by atoms with Crippen LogP contribution in [-0.4, -0.2) is 33.5 Å². The van der Waals surface area contributed by atoms with Crippen LogP contribution in [-0.2, 0) is 16.1 Å². The second-order valence-electron chi connectivity index (χ2n) is 5.67. The molecule has 1 aromatic carbocycles. The van der Waals surface area contributed by atoms with Gasteiger partial charge in [-0.2, -0.15) is 4.39 Å². The summed E-state index contributed by atoms with van der Waals surface area (Å²) in [5, 5.41) is 10.0. The Morgan fingerprint density at radius 3 is 2.96 bits per heavy atom. The molecule has 0 amide bonds. The first-order chi connectivity index (χ1) is 12.0. The largest absolute Gasteiger partial charge is 0.394 e. The van der Waals surface area contributed by atoms with Gasteiger partial charge in [0.2, 0.25) is 5.82 Å². The molecule has 2 heterocycles. The van der Waals surface area contributed by atoms with Crippen molar-refractivity contribution >= 4 is 11.6 Å². The molecule has 0 aliphatic carbocycles. The van der Waals surface area contributed by atoms with Crippen molar-refractivity contribution in [1.82, 2.24) is 9.55 Å². The molecule has 1 aliphatic heterocycles. The van der Waals surface area contributed by atoms with Gasteiger partial charge in [0.25, 0.3) is 5.56 Å². The van der Waals surface area contributed by atoms with E-state index in [0.717, 1.165) is 16.3 Å². The van der Waals surface area contributed by atoms with Gasteiger partial charge in [0.15, 0.2) is 0 Å². The molecule has 1 unspecified atom stereocenters. The number of H-pyrrole nitrogens is 1. The Kier molecular flexibility index (Phi) is 5.33. The van der Waals surface area contributed by atoms with Crippen molar-refractivity contribution in [2.45, 2.75) is 31.5 Å². The van der Waals surface area contributed by atoms with Crippen LogP contribution in [0.1, 0.15) is 18.2 Å². The molecule has 3 atom stereocenters. The SMILES string of the molecule is O=c1[nH]c(=O)n([C@@H]2CC(OCc3cccc(Cl)c3)[C@H](CO)O2)cc1F. The van der Waals surface area contributed by atoms with E-state index < -0.39 is 35.5 Å². The molecule has 1 aliphatic rings. The van der Waals surface area contributed by atoms with Gasteiger partial charge in [-0.05, 0) is 17.7 Å². The highest BCUT2D eigenvalue weighted by atomic mass is 35.5. The van der Waals surface area contributed by atoms with E-state index in [1.165, 1.54) is 0 Å². The second-order valence-corrected chi connectivity index (χ2v) is 6.11. The molecule has 7 nitrogen and oxygen atoms in total. The third-order valence-corrected chi connectivity index (χ3v) is 4.18. The Balaban J connectivity index is 1.73. The summed E-state index contributed by atoms with van der Waals surface area (Å²) in [7, 11) is 0. The molecule has 1 fully saturated rings. The normalized spacial score (nSPS) is 23.1. The summed E-state index contributed by atoms with van der Waals surface area (Å²) in [5.74, 6) is -1.09. The van der Waals surface area contributed by atoms with Crippen LogP contribution in [0.4, 0.5) is 4.39 Å². The van der Waals surface area contributed by atoms with E-state index in [2.05, 4.69) is 0 Å². The predicted molar refractivity (Wildman–Crippen MR) is 86.9 cm³/mol. The molecule has 134 valence electrons. The zero-order valence-electron chi connectivity index (χ0n) is 13.0. The van der Waals surface area contributed by atoms with Crippen LogP contribution in [0.2, 0.25) is 5.02 Å². The van der Waals surface area contributed by atoms with E-state index in [4.69, 9.17) is 21.1 Å². The first kappa shape index (κ1) is 17.8. The van der Waals surface area contributed by atoms with Crippen LogP contribution in [0.25, 0.3) is 0 Å². The van der Waals surface area contributed by atoms with E-state index >= 15 is 0 Å². The third kappa shape index (κ3) is 3.98. The van der Waals surface area contributed by atoms with Crippen LogP contribution < -0.4 is 11.2 Å². The number of benzene rings is 1. The molecule has 3 rings (SSSR count).